The molecule has 0 saturated heterocycles. The van der Waals surface area contributed by atoms with Gasteiger partial charge in [0.15, 0.2) is 5.60 Å². The number of benzene rings is 2. The van der Waals surface area contributed by atoms with Crippen LogP contribution in [0.3, 0.4) is 0 Å². The largest absolute Gasteiger partial charge is 0.476 e. The van der Waals surface area contributed by atoms with Crippen molar-refractivity contribution in [3.8, 4) is 5.75 Å². The van der Waals surface area contributed by atoms with Crippen LogP contribution in [0.25, 0.3) is 10.9 Å². The normalized spacial score (nSPS) is 11.5. The summed E-state index contributed by atoms with van der Waals surface area (Å²) in [6, 6.07) is 17.4. The topological polar surface area (TPSA) is 70.0 Å². The number of hydrogen-bond acceptors (Lipinski definition) is 5. The van der Waals surface area contributed by atoms with Gasteiger partial charge in [0, 0.05) is 36.7 Å². The highest BCUT2D eigenvalue weighted by atomic mass is 16.6. The molecule has 0 aliphatic heterocycles. The molecule has 0 saturated carbocycles. The van der Waals surface area contributed by atoms with E-state index in [1.54, 1.807) is 25.7 Å². The number of aromatic nitrogens is 1. The van der Waals surface area contributed by atoms with Gasteiger partial charge in [-0.25, -0.2) is 9.59 Å². The van der Waals surface area contributed by atoms with E-state index in [-0.39, 0.29) is 12.7 Å². The lowest BCUT2D eigenvalue weighted by Crippen LogP contribution is -2.39. The maximum absolute atomic E-state index is 12.8. The summed E-state index contributed by atoms with van der Waals surface area (Å²) in [6.45, 7) is 11.7. The molecule has 3 aromatic rings. The Bertz CT molecular complexity index is 1120. The zero-order valence-electron chi connectivity index (χ0n) is 21.3. The number of hydrogen-bond donors (Lipinski definition) is 0. The maximum Gasteiger partial charge on any atom is 0.410 e. The molecule has 0 bridgehead atoms. The second-order valence-corrected chi connectivity index (χ2v) is 9.44. The van der Waals surface area contributed by atoms with E-state index in [1.165, 1.54) is 0 Å². The van der Waals surface area contributed by atoms with Crippen LogP contribution in [0.15, 0.2) is 60.8 Å². The lowest BCUT2D eigenvalue weighted by Gasteiger charge is -2.25. The molecule has 0 atom stereocenters. The number of carbonyl (C=O) groups excluding carboxylic acids is 2. The molecule has 0 fully saturated rings. The number of rotatable bonds is 11. The van der Waals surface area contributed by atoms with Crippen LogP contribution in [0.1, 0.15) is 40.2 Å². The molecular weight excluding hydrogens is 444 g/mol. The van der Waals surface area contributed by atoms with Crippen LogP contribution >= 0.6 is 0 Å². The minimum atomic E-state index is -1.08. The Balaban J connectivity index is 1.65. The van der Waals surface area contributed by atoms with Crippen molar-refractivity contribution in [2.75, 3.05) is 19.7 Å². The predicted molar refractivity (Wildman–Crippen MR) is 136 cm³/mol. The van der Waals surface area contributed by atoms with Gasteiger partial charge in [0.05, 0.1) is 6.61 Å². The molecule has 3 rings (SSSR count). The van der Waals surface area contributed by atoms with Crippen LogP contribution in [0.5, 0.6) is 5.75 Å². The fraction of sp³-hybridized carbons (Fsp3) is 0.429. The third-order valence-corrected chi connectivity index (χ3v) is 5.54. The summed E-state index contributed by atoms with van der Waals surface area (Å²) in [5.41, 5.74) is 0.906. The van der Waals surface area contributed by atoms with Crippen LogP contribution < -0.4 is 4.74 Å². The summed E-state index contributed by atoms with van der Waals surface area (Å²) in [6.07, 6.45) is 1.68. The Morgan fingerprint density at radius 2 is 1.77 bits per heavy atom. The minimum absolute atomic E-state index is 0.256. The number of nitrogens with zero attached hydrogens (tertiary/aromatic N) is 2. The van der Waals surface area contributed by atoms with Crippen molar-refractivity contribution < 1.29 is 23.8 Å². The Labute approximate surface area is 207 Å². The summed E-state index contributed by atoms with van der Waals surface area (Å²) in [5.74, 6) is 0.518. The monoisotopic (exact) mass is 480 g/mol. The molecule has 188 valence electrons. The average molecular weight is 481 g/mol. The highest BCUT2D eigenvalue weighted by Gasteiger charge is 2.31. The second-order valence-electron chi connectivity index (χ2n) is 9.44. The fourth-order valence-electron chi connectivity index (χ4n) is 3.81. The first-order valence-corrected chi connectivity index (χ1v) is 12.1. The number of carbonyl (C=O) groups is 2. The Morgan fingerprint density at radius 3 is 2.46 bits per heavy atom. The third-order valence-electron chi connectivity index (χ3n) is 5.54. The summed E-state index contributed by atoms with van der Waals surface area (Å²) in [4.78, 5) is 26.7. The van der Waals surface area contributed by atoms with Crippen molar-refractivity contribution >= 4 is 23.0 Å². The molecule has 0 radical (unpaired) electrons. The van der Waals surface area contributed by atoms with Crippen molar-refractivity contribution in [3.63, 3.8) is 0 Å². The molecule has 0 spiro atoms. The summed E-state index contributed by atoms with van der Waals surface area (Å²) in [5, 5.41) is 0.990. The maximum atomic E-state index is 12.8. The molecule has 0 aliphatic rings. The average Bonchev–Trinajstić information content (AvgIpc) is 3.22. The molecule has 1 aromatic heterocycles. The van der Waals surface area contributed by atoms with E-state index >= 15 is 0 Å². The number of amides is 1. The zero-order chi connectivity index (χ0) is 25.4. The zero-order valence-corrected chi connectivity index (χ0v) is 21.3. The number of esters is 1. The standard InChI is InChI=1S/C28H36N2O5/c1-6-33-26(31)28(4,5)35-24-12-13-25-23(18-24)14-15-29(25)16-17-30(19-21(2)3)27(32)34-20-22-10-8-7-9-11-22/h7-15,18,21H,6,16-17,19-20H2,1-5H3. The Hall–Kier alpha value is -3.48. The van der Waals surface area contributed by atoms with E-state index < -0.39 is 11.6 Å². The van der Waals surface area contributed by atoms with Gasteiger partial charge in [-0.3, -0.25) is 0 Å². The second kappa shape index (κ2) is 11.8. The van der Waals surface area contributed by atoms with Crippen LogP contribution in [0.2, 0.25) is 0 Å². The molecule has 0 N–H and O–H groups in total. The van der Waals surface area contributed by atoms with Crippen molar-refractivity contribution in [3.05, 3.63) is 66.4 Å². The van der Waals surface area contributed by atoms with Gasteiger partial charge in [-0.1, -0.05) is 44.2 Å². The minimum Gasteiger partial charge on any atom is -0.476 e. The first-order valence-electron chi connectivity index (χ1n) is 12.1. The van der Waals surface area contributed by atoms with Crippen molar-refractivity contribution in [2.45, 2.75) is 53.4 Å². The molecule has 0 unspecified atom stereocenters. The van der Waals surface area contributed by atoms with Crippen molar-refractivity contribution in [1.29, 1.82) is 0 Å². The van der Waals surface area contributed by atoms with Gasteiger partial charge < -0.3 is 23.7 Å². The summed E-state index contributed by atoms with van der Waals surface area (Å²) in [7, 11) is 0. The molecule has 1 amide bonds. The lowest BCUT2D eigenvalue weighted by atomic mass is 10.1. The van der Waals surface area contributed by atoms with E-state index in [2.05, 4.69) is 18.4 Å². The molecule has 7 heteroatoms. The lowest BCUT2D eigenvalue weighted by molar-refractivity contribution is -0.158. The molecule has 1 heterocycles. The highest BCUT2D eigenvalue weighted by Crippen LogP contribution is 2.26. The predicted octanol–water partition coefficient (Wildman–Crippen LogP) is 5.66. The quantitative estimate of drug-likeness (QED) is 0.331. The number of fused-ring (bicyclic) bond motifs is 1. The van der Waals surface area contributed by atoms with Crippen LogP contribution in [-0.2, 0) is 27.4 Å². The van der Waals surface area contributed by atoms with Gasteiger partial charge in [0.2, 0.25) is 0 Å². The van der Waals surface area contributed by atoms with Gasteiger partial charge in [0.1, 0.15) is 12.4 Å². The van der Waals surface area contributed by atoms with Gasteiger partial charge >= 0.3 is 12.1 Å². The van der Waals surface area contributed by atoms with Crippen LogP contribution in [0, 0.1) is 5.92 Å². The first-order chi connectivity index (χ1) is 16.7. The smallest absolute Gasteiger partial charge is 0.410 e. The van der Waals surface area contributed by atoms with Gasteiger partial charge in [-0.05, 0) is 56.5 Å². The summed E-state index contributed by atoms with van der Waals surface area (Å²) < 4.78 is 18.7. The molecule has 2 aromatic carbocycles. The molecule has 0 aliphatic carbocycles. The van der Waals surface area contributed by atoms with Gasteiger partial charge in [-0.15, -0.1) is 0 Å². The van der Waals surface area contributed by atoms with E-state index in [9.17, 15) is 9.59 Å². The summed E-state index contributed by atoms with van der Waals surface area (Å²) >= 11 is 0. The van der Waals surface area contributed by atoms with E-state index in [0.717, 1.165) is 16.5 Å². The third kappa shape index (κ3) is 7.25. The van der Waals surface area contributed by atoms with Crippen molar-refractivity contribution in [1.82, 2.24) is 9.47 Å². The van der Waals surface area contributed by atoms with E-state index in [4.69, 9.17) is 14.2 Å². The first kappa shape index (κ1) is 26.1. The fourth-order valence-corrected chi connectivity index (χ4v) is 3.81. The van der Waals surface area contributed by atoms with E-state index in [1.807, 2.05) is 60.8 Å². The van der Waals surface area contributed by atoms with Crippen molar-refractivity contribution in [2.24, 2.45) is 5.92 Å². The van der Waals surface area contributed by atoms with Crippen LogP contribution in [-0.4, -0.2) is 46.8 Å². The SMILES string of the molecule is CCOC(=O)C(C)(C)Oc1ccc2c(ccn2CCN(CC(C)C)C(=O)OCc2ccccc2)c1. The van der Waals surface area contributed by atoms with Gasteiger partial charge in [0.25, 0.3) is 0 Å². The molecular formula is C28H36N2O5. The molecule has 7 nitrogen and oxygen atoms in total. The molecule has 35 heavy (non-hydrogen) atoms. The number of ether oxygens (including phenoxy) is 3. The van der Waals surface area contributed by atoms with Crippen LogP contribution in [0.4, 0.5) is 4.79 Å². The Morgan fingerprint density at radius 1 is 1.03 bits per heavy atom. The van der Waals surface area contributed by atoms with E-state index in [0.29, 0.717) is 37.9 Å². The van der Waals surface area contributed by atoms with Gasteiger partial charge in [-0.2, -0.15) is 0 Å². The highest BCUT2D eigenvalue weighted by molar-refractivity contribution is 5.82. The Kier molecular flexibility index (Phi) is 8.79.